The molecule has 144 valence electrons. The Bertz CT molecular complexity index is 1080. The number of carbonyl (C=O) groups is 1. The zero-order valence-electron chi connectivity index (χ0n) is 15.1. The lowest BCUT2D eigenvalue weighted by molar-refractivity contribution is 0.0600. The van der Waals surface area contributed by atoms with E-state index in [0.29, 0.717) is 11.4 Å². The second-order valence-electron chi connectivity index (χ2n) is 5.99. The van der Waals surface area contributed by atoms with E-state index in [1.807, 2.05) is 31.2 Å². The molecule has 0 bridgehead atoms. The summed E-state index contributed by atoms with van der Waals surface area (Å²) < 4.78 is 6.80. The van der Waals surface area contributed by atoms with Crippen LogP contribution in [0.5, 0.6) is 0 Å². The Morgan fingerprint density at radius 2 is 1.89 bits per heavy atom. The number of para-hydroxylation sites is 1. The summed E-state index contributed by atoms with van der Waals surface area (Å²) in [6, 6.07) is 14.2. The molecule has 2 aromatic carbocycles. The molecule has 1 unspecified atom stereocenters. The second-order valence-corrected chi connectivity index (χ2v) is 7.22. The lowest BCUT2D eigenvalue weighted by atomic mass is 10.1. The maximum atomic E-state index is 12.8. The average Bonchev–Trinajstić information content (AvgIpc) is 2.71. The fourth-order valence-corrected chi connectivity index (χ4v) is 3.59. The lowest BCUT2D eigenvalue weighted by Crippen LogP contribution is -2.25. The number of aromatic nitrogens is 2. The van der Waals surface area contributed by atoms with Crippen LogP contribution in [0.3, 0.4) is 0 Å². The van der Waals surface area contributed by atoms with Gasteiger partial charge in [0.15, 0.2) is 0 Å². The van der Waals surface area contributed by atoms with Crippen molar-refractivity contribution in [3.63, 3.8) is 0 Å². The number of nitrogens with zero attached hydrogens (tertiary/aromatic N) is 2. The third-order valence-corrected chi connectivity index (χ3v) is 5.29. The smallest absolute Gasteiger partial charge is 0.340 e. The van der Waals surface area contributed by atoms with Crippen LogP contribution >= 0.6 is 27.5 Å². The molecule has 6 nitrogen and oxygen atoms in total. The first-order chi connectivity index (χ1) is 13.4. The highest BCUT2D eigenvalue weighted by atomic mass is 79.9. The van der Waals surface area contributed by atoms with Gasteiger partial charge in [-0.25, -0.2) is 4.79 Å². The summed E-state index contributed by atoms with van der Waals surface area (Å²) in [5, 5.41) is 7.38. The molecule has 3 rings (SSSR count). The lowest BCUT2D eigenvalue weighted by Gasteiger charge is -2.18. The molecule has 28 heavy (non-hydrogen) atoms. The van der Waals surface area contributed by atoms with Gasteiger partial charge < -0.3 is 10.1 Å². The summed E-state index contributed by atoms with van der Waals surface area (Å²) >= 11 is 9.84. The number of nitrogens with one attached hydrogen (secondary N) is 1. The molecule has 1 N–H and O–H groups in total. The van der Waals surface area contributed by atoms with Crippen LogP contribution in [-0.2, 0) is 4.74 Å². The maximum absolute atomic E-state index is 12.8. The summed E-state index contributed by atoms with van der Waals surface area (Å²) in [6.07, 6.45) is 1.46. The van der Waals surface area contributed by atoms with E-state index in [4.69, 9.17) is 16.3 Å². The van der Waals surface area contributed by atoms with Gasteiger partial charge in [0, 0.05) is 10.5 Å². The van der Waals surface area contributed by atoms with Crippen LogP contribution in [0.15, 0.2) is 64.0 Å². The van der Waals surface area contributed by atoms with Crippen LogP contribution < -0.4 is 10.9 Å². The summed E-state index contributed by atoms with van der Waals surface area (Å²) in [5.74, 6) is -0.565. The van der Waals surface area contributed by atoms with Gasteiger partial charge >= 0.3 is 5.97 Å². The van der Waals surface area contributed by atoms with Gasteiger partial charge in [-0.1, -0.05) is 57.9 Å². The Kier molecular flexibility index (Phi) is 6.16. The number of methoxy groups -OCH3 is 1. The summed E-state index contributed by atoms with van der Waals surface area (Å²) in [4.78, 5) is 24.8. The van der Waals surface area contributed by atoms with Crippen LogP contribution in [0, 0.1) is 0 Å². The summed E-state index contributed by atoms with van der Waals surface area (Å²) in [7, 11) is 1.28. The molecule has 1 aromatic heterocycles. The molecule has 3 aromatic rings. The van der Waals surface area contributed by atoms with E-state index in [2.05, 4.69) is 26.3 Å². The third kappa shape index (κ3) is 3.95. The number of hydrogen-bond acceptors (Lipinski definition) is 5. The van der Waals surface area contributed by atoms with Crippen LogP contribution in [0.2, 0.25) is 5.02 Å². The normalized spacial score (nSPS) is 11.7. The predicted molar refractivity (Wildman–Crippen MR) is 112 cm³/mol. The molecule has 0 fully saturated rings. The largest absolute Gasteiger partial charge is 0.465 e. The molecular formula is C20H17BrClN3O3. The highest BCUT2D eigenvalue weighted by Crippen LogP contribution is 2.28. The Morgan fingerprint density at radius 1 is 1.21 bits per heavy atom. The van der Waals surface area contributed by atoms with E-state index < -0.39 is 11.5 Å². The molecule has 1 heterocycles. The first kappa shape index (κ1) is 20.1. The first-order valence-electron chi connectivity index (χ1n) is 8.40. The standard InChI is InChI=1S/C20H17BrClN3O3/c1-12(13-7-3-5-9-15(13)21)24-16-11-23-25(19(26)18(16)22)17-10-6-4-8-14(17)20(27)28-2/h3-12,24H,1-2H3. The fourth-order valence-electron chi connectivity index (χ4n) is 2.78. The van der Waals surface area contributed by atoms with Gasteiger partial charge in [-0.2, -0.15) is 9.78 Å². The minimum Gasteiger partial charge on any atom is -0.465 e. The maximum Gasteiger partial charge on any atom is 0.340 e. The van der Waals surface area contributed by atoms with E-state index in [9.17, 15) is 9.59 Å². The number of benzene rings is 2. The van der Waals surface area contributed by atoms with Gasteiger partial charge in [0.25, 0.3) is 5.56 Å². The van der Waals surface area contributed by atoms with Gasteiger partial charge in [-0.3, -0.25) is 4.79 Å². The van der Waals surface area contributed by atoms with Gasteiger partial charge in [0.2, 0.25) is 0 Å². The van der Waals surface area contributed by atoms with Crippen molar-refractivity contribution in [2.75, 3.05) is 12.4 Å². The van der Waals surface area contributed by atoms with Gasteiger partial charge in [0.05, 0.1) is 30.2 Å². The minimum absolute atomic E-state index is 0.0198. The number of ether oxygens (including phenoxy) is 1. The summed E-state index contributed by atoms with van der Waals surface area (Å²) in [5.41, 5.74) is 1.40. The Balaban J connectivity index is 1.98. The third-order valence-electron chi connectivity index (χ3n) is 4.20. The fraction of sp³-hybridized carbons (Fsp3) is 0.150. The SMILES string of the molecule is COC(=O)c1ccccc1-n1ncc(NC(C)c2ccccc2Br)c(Cl)c1=O. The Morgan fingerprint density at radius 3 is 2.61 bits per heavy atom. The van der Waals surface area contributed by atoms with Crippen LogP contribution in [-0.4, -0.2) is 22.9 Å². The van der Waals surface area contributed by atoms with Crippen LogP contribution in [0.25, 0.3) is 5.69 Å². The molecule has 0 aliphatic carbocycles. The van der Waals surface area contributed by atoms with Crippen molar-refractivity contribution < 1.29 is 9.53 Å². The van der Waals surface area contributed by atoms with Crippen molar-refractivity contribution in [3.05, 3.63) is 85.7 Å². The molecule has 0 saturated carbocycles. The highest BCUT2D eigenvalue weighted by molar-refractivity contribution is 9.10. The van der Waals surface area contributed by atoms with Gasteiger partial charge in [-0.15, -0.1) is 0 Å². The second kappa shape index (κ2) is 8.58. The number of hydrogen-bond donors (Lipinski definition) is 1. The van der Waals surface area contributed by atoms with Gasteiger partial charge in [-0.05, 0) is 30.7 Å². The highest BCUT2D eigenvalue weighted by Gasteiger charge is 2.18. The Hall–Kier alpha value is -2.64. The van der Waals surface area contributed by atoms with E-state index >= 15 is 0 Å². The zero-order valence-corrected chi connectivity index (χ0v) is 17.5. The number of carbonyl (C=O) groups excluding carboxylic acids is 1. The molecule has 0 aliphatic rings. The van der Waals surface area contributed by atoms with E-state index in [0.717, 1.165) is 14.7 Å². The van der Waals surface area contributed by atoms with Crippen molar-refractivity contribution in [1.82, 2.24) is 9.78 Å². The monoisotopic (exact) mass is 461 g/mol. The molecule has 0 aliphatic heterocycles. The minimum atomic E-state index is -0.565. The molecule has 0 saturated heterocycles. The van der Waals surface area contributed by atoms with Crippen LogP contribution in [0.1, 0.15) is 28.9 Å². The van der Waals surface area contributed by atoms with E-state index in [1.54, 1.807) is 24.3 Å². The van der Waals surface area contributed by atoms with Crippen molar-refractivity contribution in [1.29, 1.82) is 0 Å². The van der Waals surface area contributed by atoms with E-state index in [-0.39, 0.29) is 16.6 Å². The van der Waals surface area contributed by atoms with E-state index in [1.165, 1.54) is 13.3 Å². The number of halogens is 2. The quantitative estimate of drug-likeness (QED) is 0.561. The average molecular weight is 463 g/mol. The summed E-state index contributed by atoms with van der Waals surface area (Å²) in [6.45, 7) is 1.95. The van der Waals surface area contributed by atoms with Crippen molar-refractivity contribution in [3.8, 4) is 5.69 Å². The molecule has 0 radical (unpaired) electrons. The predicted octanol–water partition coefficient (Wildman–Crippen LogP) is 4.61. The number of anilines is 1. The zero-order chi connectivity index (χ0) is 20.3. The molecular weight excluding hydrogens is 446 g/mol. The van der Waals surface area contributed by atoms with Crippen molar-refractivity contribution in [2.24, 2.45) is 0 Å². The number of rotatable bonds is 5. The number of esters is 1. The molecule has 0 amide bonds. The molecule has 8 heteroatoms. The first-order valence-corrected chi connectivity index (χ1v) is 9.57. The van der Waals surface area contributed by atoms with Crippen molar-refractivity contribution in [2.45, 2.75) is 13.0 Å². The van der Waals surface area contributed by atoms with Crippen molar-refractivity contribution >= 4 is 39.2 Å². The van der Waals surface area contributed by atoms with Gasteiger partial charge in [0.1, 0.15) is 5.02 Å². The molecule has 0 spiro atoms. The molecule has 1 atom stereocenters. The Labute approximate surface area is 175 Å². The topological polar surface area (TPSA) is 73.2 Å². The van der Waals surface area contributed by atoms with Crippen LogP contribution in [0.4, 0.5) is 5.69 Å².